The highest BCUT2D eigenvalue weighted by Gasteiger charge is 2.11. The predicted octanol–water partition coefficient (Wildman–Crippen LogP) is 3.96. The average Bonchev–Trinajstić information content (AvgIpc) is 3.42. The number of benzene rings is 1. The molecule has 0 bridgehead atoms. The Morgan fingerprint density at radius 1 is 1.13 bits per heavy atom. The van der Waals surface area contributed by atoms with Gasteiger partial charge in [0.05, 0.1) is 33.9 Å². The second kappa shape index (κ2) is 8.64. The molecule has 7 nitrogen and oxygen atoms in total. The van der Waals surface area contributed by atoms with E-state index in [4.69, 9.17) is 16.3 Å². The van der Waals surface area contributed by atoms with Gasteiger partial charge in [0.15, 0.2) is 11.5 Å². The Balaban J connectivity index is 1.46. The van der Waals surface area contributed by atoms with Gasteiger partial charge in [-0.25, -0.2) is 4.68 Å². The number of thiophene rings is 1. The number of carbonyl (C=O) groups is 1. The first-order chi connectivity index (χ1) is 14.5. The van der Waals surface area contributed by atoms with Gasteiger partial charge in [0.2, 0.25) is 0 Å². The van der Waals surface area contributed by atoms with Gasteiger partial charge >= 0.3 is 0 Å². The molecule has 3 heterocycles. The summed E-state index contributed by atoms with van der Waals surface area (Å²) >= 11 is 7.16. The summed E-state index contributed by atoms with van der Waals surface area (Å²) in [5.74, 6) is 0.316. The molecule has 0 amide bonds. The second-order valence-corrected chi connectivity index (χ2v) is 8.16. The average molecular weight is 441 g/mol. The van der Waals surface area contributed by atoms with E-state index in [1.165, 1.54) is 23.0 Å². The number of methoxy groups -OCH3 is 1. The summed E-state index contributed by atoms with van der Waals surface area (Å²) in [4.78, 5) is 25.2. The Kier molecular flexibility index (Phi) is 5.78. The zero-order chi connectivity index (χ0) is 21.1. The van der Waals surface area contributed by atoms with Crippen LogP contribution in [0.1, 0.15) is 21.8 Å². The van der Waals surface area contributed by atoms with Crippen LogP contribution in [0.4, 0.5) is 0 Å². The van der Waals surface area contributed by atoms with Gasteiger partial charge in [-0.2, -0.15) is 0 Å². The molecule has 0 N–H and O–H groups in total. The van der Waals surface area contributed by atoms with Gasteiger partial charge in [0, 0.05) is 24.7 Å². The number of pyridine rings is 1. The van der Waals surface area contributed by atoms with Crippen LogP contribution in [0.5, 0.6) is 5.75 Å². The van der Waals surface area contributed by atoms with Crippen LogP contribution >= 0.6 is 22.9 Å². The second-order valence-electron chi connectivity index (χ2n) is 6.45. The summed E-state index contributed by atoms with van der Waals surface area (Å²) < 4.78 is 8.84. The van der Waals surface area contributed by atoms with E-state index in [9.17, 15) is 9.59 Å². The molecule has 0 saturated heterocycles. The number of hydrogen-bond donors (Lipinski definition) is 0. The van der Waals surface area contributed by atoms with E-state index >= 15 is 0 Å². The van der Waals surface area contributed by atoms with E-state index in [0.717, 1.165) is 11.4 Å². The minimum Gasteiger partial charge on any atom is -0.491 e. The lowest BCUT2D eigenvalue weighted by molar-refractivity contribution is 0.0986. The fourth-order valence-electron chi connectivity index (χ4n) is 2.97. The maximum absolute atomic E-state index is 12.4. The number of carbonyl (C=O) groups excluding carboxylic acids is 1. The van der Waals surface area contributed by atoms with Crippen molar-refractivity contribution in [2.75, 3.05) is 7.11 Å². The number of nitrogens with zero attached hydrogens (tertiary/aromatic N) is 4. The molecule has 0 radical (unpaired) electrons. The first-order valence-corrected chi connectivity index (χ1v) is 10.3. The van der Waals surface area contributed by atoms with Gasteiger partial charge in [-0.05, 0) is 48.5 Å². The Morgan fingerprint density at radius 3 is 2.60 bits per heavy atom. The van der Waals surface area contributed by atoms with Crippen LogP contribution in [0.3, 0.4) is 0 Å². The maximum Gasteiger partial charge on any atom is 0.297 e. The zero-order valence-electron chi connectivity index (χ0n) is 16.0. The fraction of sp³-hybridized carbons (Fsp3) is 0.143. The molecule has 3 aromatic heterocycles. The summed E-state index contributed by atoms with van der Waals surface area (Å²) in [7, 11) is 1.47. The topological polar surface area (TPSA) is 79.0 Å². The number of aromatic nitrogens is 4. The van der Waals surface area contributed by atoms with Crippen molar-refractivity contribution >= 4 is 28.7 Å². The molecule has 152 valence electrons. The largest absolute Gasteiger partial charge is 0.491 e. The van der Waals surface area contributed by atoms with Crippen LogP contribution in [0.25, 0.3) is 11.4 Å². The van der Waals surface area contributed by atoms with Crippen molar-refractivity contribution in [2.24, 2.45) is 0 Å². The monoisotopic (exact) mass is 440 g/mol. The van der Waals surface area contributed by atoms with Crippen molar-refractivity contribution in [2.45, 2.75) is 12.8 Å². The quantitative estimate of drug-likeness (QED) is 0.406. The van der Waals surface area contributed by atoms with Gasteiger partial charge in [0.25, 0.3) is 5.56 Å². The molecule has 0 unspecified atom stereocenters. The van der Waals surface area contributed by atoms with Crippen LogP contribution < -0.4 is 10.3 Å². The Bertz CT molecular complexity index is 1240. The normalized spacial score (nSPS) is 10.9. The smallest absolute Gasteiger partial charge is 0.297 e. The Hall–Kier alpha value is -3.23. The lowest BCUT2D eigenvalue weighted by Gasteiger charge is -2.08. The number of rotatable bonds is 7. The van der Waals surface area contributed by atoms with E-state index in [1.807, 2.05) is 24.3 Å². The molecule has 0 aliphatic rings. The van der Waals surface area contributed by atoms with Crippen LogP contribution in [0, 0.1) is 0 Å². The van der Waals surface area contributed by atoms with Gasteiger partial charge in [-0.3, -0.25) is 14.2 Å². The van der Waals surface area contributed by atoms with Crippen LogP contribution in [0.2, 0.25) is 4.34 Å². The Labute approximate surface area is 181 Å². The van der Waals surface area contributed by atoms with Gasteiger partial charge in [-0.1, -0.05) is 16.8 Å². The third-order valence-corrected chi connectivity index (χ3v) is 5.79. The number of aryl methyl sites for hydroxylation is 1. The molecule has 30 heavy (non-hydrogen) atoms. The van der Waals surface area contributed by atoms with Crippen LogP contribution in [-0.2, 0) is 6.42 Å². The van der Waals surface area contributed by atoms with Gasteiger partial charge < -0.3 is 4.74 Å². The van der Waals surface area contributed by atoms with Gasteiger partial charge in [0.1, 0.15) is 0 Å². The highest BCUT2D eigenvalue weighted by Crippen LogP contribution is 2.23. The molecule has 1 aromatic carbocycles. The molecule has 0 atom stereocenters. The molecule has 0 saturated carbocycles. The lowest BCUT2D eigenvalue weighted by atomic mass is 10.1. The van der Waals surface area contributed by atoms with E-state index in [2.05, 4.69) is 10.3 Å². The van der Waals surface area contributed by atoms with Crippen molar-refractivity contribution in [3.8, 4) is 17.1 Å². The Morgan fingerprint density at radius 2 is 1.90 bits per heavy atom. The summed E-state index contributed by atoms with van der Waals surface area (Å²) in [6.07, 6.45) is 4.31. The number of ether oxygens (including phenoxy) is 1. The summed E-state index contributed by atoms with van der Waals surface area (Å²) in [6.45, 7) is 0. The third kappa shape index (κ3) is 4.19. The standard InChI is InChI=1S/C21H17ClN4O3S/c1-29-18-3-2-12-25(21(18)28)15-5-7-16(8-6-15)26-13-14(23-24-26)4-9-17(27)19-10-11-20(22)30-19/h2-3,5-8,10-13H,4,9H2,1H3. The van der Waals surface area contributed by atoms with E-state index in [-0.39, 0.29) is 17.1 Å². The molecule has 9 heteroatoms. The minimum absolute atomic E-state index is 0.0366. The first-order valence-electron chi connectivity index (χ1n) is 9.11. The van der Waals surface area contributed by atoms with Crippen molar-refractivity contribution in [3.05, 3.63) is 86.2 Å². The number of ketones is 1. The summed E-state index contributed by atoms with van der Waals surface area (Å²) in [5.41, 5.74) is 2.00. The molecule has 4 aromatic rings. The molecule has 0 fully saturated rings. The summed E-state index contributed by atoms with van der Waals surface area (Å²) in [5, 5.41) is 8.28. The molecular formula is C21H17ClN4O3S. The van der Waals surface area contributed by atoms with Crippen LogP contribution in [-0.4, -0.2) is 32.5 Å². The van der Waals surface area contributed by atoms with Crippen LogP contribution in [0.15, 0.2) is 65.7 Å². The number of halogens is 1. The summed E-state index contributed by atoms with van der Waals surface area (Å²) in [6, 6.07) is 14.2. The van der Waals surface area contributed by atoms with E-state index in [1.54, 1.807) is 41.3 Å². The van der Waals surface area contributed by atoms with Crippen molar-refractivity contribution in [1.82, 2.24) is 19.6 Å². The van der Waals surface area contributed by atoms with Crippen molar-refractivity contribution < 1.29 is 9.53 Å². The molecule has 4 rings (SSSR count). The molecule has 0 spiro atoms. The highest BCUT2D eigenvalue weighted by molar-refractivity contribution is 7.18. The lowest BCUT2D eigenvalue weighted by Crippen LogP contribution is -2.18. The highest BCUT2D eigenvalue weighted by atomic mass is 35.5. The zero-order valence-corrected chi connectivity index (χ0v) is 17.6. The van der Waals surface area contributed by atoms with Crippen molar-refractivity contribution in [1.29, 1.82) is 0 Å². The first kappa shape index (κ1) is 20.1. The van der Waals surface area contributed by atoms with Crippen molar-refractivity contribution in [3.63, 3.8) is 0 Å². The predicted molar refractivity (Wildman–Crippen MR) is 115 cm³/mol. The molecule has 0 aliphatic heterocycles. The SMILES string of the molecule is COc1cccn(-c2ccc(-n3cc(CCC(=O)c4ccc(Cl)s4)nn3)cc2)c1=O. The van der Waals surface area contributed by atoms with E-state index < -0.39 is 0 Å². The third-order valence-electron chi connectivity index (χ3n) is 4.52. The molecular weight excluding hydrogens is 424 g/mol. The molecule has 0 aliphatic carbocycles. The van der Waals surface area contributed by atoms with E-state index in [0.29, 0.717) is 27.7 Å². The fourth-order valence-corrected chi connectivity index (χ4v) is 3.98. The number of Topliss-reactive ketones (excluding diaryl/α,β-unsaturated/α-hetero) is 1. The minimum atomic E-state index is -0.229. The maximum atomic E-state index is 12.4. The van der Waals surface area contributed by atoms with Gasteiger partial charge in [-0.15, -0.1) is 16.4 Å². The number of hydrogen-bond acceptors (Lipinski definition) is 6.